The molecule has 0 aliphatic heterocycles. The summed E-state index contributed by atoms with van der Waals surface area (Å²) in [6.07, 6.45) is 3.43. The van der Waals surface area contributed by atoms with Crippen LogP contribution in [-0.4, -0.2) is 15.3 Å². The molecule has 1 N–H and O–H groups in total. The summed E-state index contributed by atoms with van der Waals surface area (Å²) in [5, 5.41) is 2.95. The van der Waals surface area contributed by atoms with Crippen LogP contribution in [0.15, 0.2) is 75.9 Å². The summed E-state index contributed by atoms with van der Waals surface area (Å²) in [6.45, 7) is 0. The van der Waals surface area contributed by atoms with Crippen LogP contribution >= 0.6 is 15.9 Å². The molecule has 4 rings (SSSR count). The molecule has 3 heterocycles. The first kappa shape index (κ1) is 14.7. The highest BCUT2D eigenvalue weighted by atomic mass is 79.9. The number of fused-ring (bicyclic) bond motifs is 1. The molecule has 0 saturated carbocycles. The minimum Gasteiger partial charge on any atom is -0.463 e. The third-order valence-electron chi connectivity index (χ3n) is 3.63. The normalized spacial score (nSPS) is 10.9. The Morgan fingerprint density at radius 3 is 2.71 bits per heavy atom. The van der Waals surface area contributed by atoms with Crippen LogP contribution in [0, 0.1) is 0 Å². The first-order chi connectivity index (χ1) is 11.7. The second kappa shape index (κ2) is 5.98. The van der Waals surface area contributed by atoms with E-state index in [4.69, 9.17) is 4.42 Å². The molecule has 0 bridgehead atoms. The first-order valence-electron chi connectivity index (χ1n) is 7.31. The van der Waals surface area contributed by atoms with E-state index in [-0.39, 0.29) is 5.91 Å². The van der Waals surface area contributed by atoms with E-state index in [1.807, 2.05) is 53.1 Å². The molecule has 24 heavy (non-hydrogen) atoms. The van der Waals surface area contributed by atoms with Crippen LogP contribution in [0.25, 0.3) is 17.1 Å². The molecule has 0 fully saturated rings. The fraction of sp³-hybridized carbons (Fsp3) is 0. The van der Waals surface area contributed by atoms with E-state index in [1.54, 1.807) is 18.4 Å². The number of imidazole rings is 1. The number of pyridine rings is 1. The highest BCUT2D eigenvalue weighted by Crippen LogP contribution is 2.30. The Bertz CT molecular complexity index is 1020. The number of anilines is 1. The number of carbonyl (C=O) groups excluding carboxylic acids is 1. The summed E-state index contributed by atoms with van der Waals surface area (Å²) in [5.41, 5.74) is 1.87. The van der Waals surface area contributed by atoms with Gasteiger partial charge in [-0.25, -0.2) is 4.98 Å². The predicted octanol–water partition coefficient (Wildman–Crippen LogP) is 4.61. The Morgan fingerprint density at radius 1 is 1.08 bits per heavy atom. The van der Waals surface area contributed by atoms with E-state index in [0.717, 1.165) is 10.1 Å². The zero-order valence-corrected chi connectivity index (χ0v) is 14.0. The van der Waals surface area contributed by atoms with Crippen LogP contribution < -0.4 is 5.32 Å². The van der Waals surface area contributed by atoms with Crippen LogP contribution in [0.4, 0.5) is 5.82 Å². The number of benzene rings is 1. The minimum absolute atomic E-state index is 0.221. The van der Waals surface area contributed by atoms with Crippen molar-refractivity contribution in [2.75, 3.05) is 5.32 Å². The molecule has 0 spiro atoms. The molecule has 0 aliphatic carbocycles. The van der Waals surface area contributed by atoms with Gasteiger partial charge in [-0.3, -0.25) is 9.20 Å². The van der Waals surface area contributed by atoms with Crippen molar-refractivity contribution in [2.24, 2.45) is 0 Å². The average Bonchev–Trinajstić information content (AvgIpc) is 3.23. The Morgan fingerprint density at radius 2 is 1.92 bits per heavy atom. The van der Waals surface area contributed by atoms with Gasteiger partial charge in [0.2, 0.25) is 0 Å². The molecule has 5 nitrogen and oxygen atoms in total. The molecule has 4 aromatic rings. The fourth-order valence-electron chi connectivity index (χ4n) is 2.52. The zero-order valence-electron chi connectivity index (χ0n) is 12.4. The van der Waals surface area contributed by atoms with Crippen molar-refractivity contribution < 1.29 is 9.21 Å². The average molecular weight is 382 g/mol. The van der Waals surface area contributed by atoms with Crippen LogP contribution in [0.3, 0.4) is 0 Å². The monoisotopic (exact) mass is 381 g/mol. The highest BCUT2D eigenvalue weighted by Gasteiger charge is 2.19. The van der Waals surface area contributed by atoms with E-state index in [2.05, 4.69) is 26.2 Å². The molecule has 0 radical (unpaired) electrons. The summed E-state index contributed by atoms with van der Waals surface area (Å²) < 4.78 is 8.02. The number of amides is 1. The van der Waals surface area contributed by atoms with Crippen molar-refractivity contribution in [2.45, 2.75) is 0 Å². The summed E-state index contributed by atoms with van der Waals surface area (Å²) in [5.74, 6) is 0.948. The zero-order chi connectivity index (χ0) is 16.5. The van der Waals surface area contributed by atoms with Gasteiger partial charge in [-0.1, -0.05) is 18.2 Å². The van der Waals surface area contributed by atoms with Crippen molar-refractivity contribution in [3.63, 3.8) is 0 Å². The van der Waals surface area contributed by atoms with Gasteiger partial charge in [0.15, 0.2) is 5.76 Å². The van der Waals surface area contributed by atoms with Gasteiger partial charge >= 0.3 is 0 Å². The maximum Gasteiger partial charge on any atom is 0.257 e. The number of rotatable bonds is 3. The van der Waals surface area contributed by atoms with Gasteiger partial charge < -0.3 is 9.73 Å². The first-order valence-corrected chi connectivity index (χ1v) is 8.10. The molecule has 118 valence electrons. The number of hydrogen-bond acceptors (Lipinski definition) is 3. The molecule has 1 amide bonds. The number of hydrogen-bond donors (Lipinski definition) is 1. The lowest BCUT2D eigenvalue weighted by atomic mass is 10.2. The van der Waals surface area contributed by atoms with Gasteiger partial charge in [0.05, 0.1) is 11.8 Å². The smallest absolute Gasteiger partial charge is 0.257 e. The largest absolute Gasteiger partial charge is 0.463 e. The maximum absolute atomic E-state index is 12.7. The quantitative estimate of drug-likeness (QED) is 0.563. The lowest BCUT2D eigenvalue weighted by Gasteiger charge is -2.08. The Balaban J connectivity index is 1.82. The highest BCUT2D eigenvalue weighted by molar-refractivity contribution is 9.10. The Kier molecular flexibility index (Phi) is 3.66. The van der Waals surface area contributed by atoms with Crippen molar-refractivity contribution in [3.8, 4) is 11.5 Å². The molecular weight excluding hydrogens is 370 g/mol. The van der Waals surface area contributed by atoms with Crippen LogP contribution in [0.1, 0.15) is 10.4 Å². The lowest BCUT2D eigenvalue weighted by Crippen LogP contribution is -2.14. The molecule has 6 heteroatoms. The van der Waals surface area contributed by atoms with Crippen LogP contribution in [-0.2, 0) is 0 Å². The van der Waals surface area contributed by atoms with Gasteiger partial charge in [-0.05, 0) is 52.3 Å². The number of nitrogens with one attached hydrogen (secondary N) is 1. The predicted molar refractivity (Wildman–Crippen MR) is 95.0 cm³/mol. The summed E-state index contributed by atoms with van der Waals surface area (Å²) in [4.78, 5) is 17.3. The lowest BCUT2D eigenvalue weighted by molar-refractivity contribution is 0.102. The molecule has 3 aromatic heterocycles. The number of furan rings is 1. The van der Waals surface area contributed by atoms with Gasteiger partial charge in [-0.2, -0.15) is 0 Å². The number of halogens is 1. The van der Waals surface area contributed by atoms with Crippen molar-refractivity contribution in [1.29, 1.82) is 0 Å². The molecule has 0 aliphatic rings. The van der Waals surface area contributed by atoms with Crippen LogP contribution in [0.2, 0.25) is 0 Å². The molecule has 0 atom stereocenters. The summed E-state index contributed by atoms with van der Waals surface area (Å²) in [6, 6.07) is 16.5. The third kappa shape index (κ3) is 2.51. The minimum atomic E-state index is -0.221. The number of carbonyl (C=O) groups is 1. The van der Waals surface area contributed by atoms with Crippen molar-refractivity contribution >= 4 is 33.3 Å². The van der Waals surface area contributed by atoms with Gasteiger partial charge in [0.1, 0.15) is 17.2 Å². The summed E-state index contributed by atoms with van der Waals surface area (Å²) in [7, 11) is 0. The number of nitrogens with zero attached hydrogens (tertiary/aromatic N) is 2. The van der Waals surface area contributed by atoms with Crippen molar-refractivity contribution in [1.82, 2.24) is 9.38 Å². The topological polar surface area (TPSA) is 59.5 Å². The van der Waals surface area contributed by atoms with E-state index in [9.17, 15) is 4.79 Å². The molecule has 0 unspecified atom stereocenters. The SMILES string of the molecule is O=C(Nc1c(-c2ccco2)nc2ccccn12)c1ccccc1Br. The standard InChI is InChI=1S/C18H12BrN3O2/c19-13-7-2-1-6-12(13)18(23)21-17-16(14-8-5-11-24-14)20-15-9-3-4-10-22(15)17/h1-11H,(H,21,23). The second-order valence-corrected chi connectivity index (χ2v) is 6.00. The van der Waals surface area contributed by atoms with Gasteiger partial charge in [-0.15, -0.1) is 0 Å². The van der Waals surface area contributed by atoms with Crippen molar-refractivity contribution in [3.05, 3.63) is 77.1 Å². The van der Waals surface area contributed by atoms with Gasteiger partial charge in [0.25, 0.3) is 5.91 Å². The van der Waals surface area contributed by atoms with E-state index in [1.165, 1.54) is 0 Å². The molecule has 1 aromatic carbocycles. The van der Waals surface area contributed by atoms with E-state index < -0.39 is 0 Å². The third-order valence-corrected chi connectivity index (χ3v) is 4.33. The Hall–Kier alpha value is -2.86. The maximum atomic E-state index is 12.7. The van der Waals surface area contributed by atoms with E-state index in [0.29, 0.717) is 22.8 Å². The second-order valence-electron chi connectivity index (χ2n) is 5.15. The number of aromatic nitrogens is 2. The molecular formula is C18H12BrN3O2. The van der Waals surface area contributed by atoms with E-state index >= 15 is 0 Å². The fourth-order valence-corrected chi connectivity index (χ4v) is 2.99. The Labute approximate surface area is 146 Å². The van der Waals surface area contributed by atoms with Gasteiger partial charge in [0, 0.05) is 10.7 Å². The molecule has 0 saturated heterocycles. The van der Waals surface area contributed by atoms with Crippen LogP contribution in [0.5, 0.6) is 0 Å². The summed E-state index contributed by atoms with van der Waals surface area (Å²) >= 11 is 3.41.